The molecule has 0 aliphatic carbocycles. The predicted octanol–water partition coefficient (Wildman–Crippen LogP) is 2.71. The van der Waals surface area contributed by atoms with Crippen LogP contribution in [0.4, 0.5) is 8.78 Å². The fourth-order valence-corrected chi connectivity index (χ4v) is 2.76. The van der Waals surface area contributed by atoms with Gasteiger partial charge in [-0.25, -0.2) is 8.78 Å². The Kier molecular flexibility index (Phi) is 4.21. The van der Waals surface area contributed by atoms with Gasteiger partial charge in [0, 0.05) is 17.6 Å². The minimum atomic E-state index is -0.541. The molecule has 1 saturated heterocycles. The molecule has 2 rings (SSSR count). The van der Waals surface area contributed by atoms with Crippen LogP contribution in [0.2, 0.25) is 0 Å². The van der Waals surface area contributed by atoms with Gasteiger partial charge in [0.25, 0.3) is 0 Å². The van der Waals surface area contributed by atoms with Gasteiger partial charge in [0.15, 0.2) is 0 Å². The van der Waals surface area contributed by atoms with Gasteiger partial charge in [-0.15, -0.1) is 0 Å². The summed E-state index contributed by atoms with van der Waals surface area (Å²) in [6, 6.07) is 3.47. The predicted molar refractivity (Wildman–Crippen MR) is 72.9 cm³/mol. The van der Waals surface area contributed by atoms with E-state index in [9.17, 15) is 8.78 Å². The lowest BCUT2D eigenvalue weighted by Crippen LogP contribution is -2.55. The van der Waals surface area contributed by atoms with Crippen LogP contribution in [0, 0.1) is 11.6 Å². The largest absolute Gasteiger partial charge is 0.326 e. The van der Waals surface area contributed by atoms with Crippen molar-refractivity contribution in [2.24, 2.45) is 5.73 Å². The average Bonchev–Trinajstić information content (AvgIpc) is 2.80. The molecule has 1 aliphatic rings. The molecule has 1 aromatic carbocycles. The summed E-state index contributed by atoms with van der Waals surface area (Å²) in [5, 5.41) is 0. The Morgan fingerprint density at radius 3 is 2.21 bits per heavy atom. The van der Waals surface area contributed by atoms with Gasteiger partial charge in [0.1, 0.15) is 11.6 Å². The first-order valence-electron chi connectivity index (χ1n) is 6.85. The molecule has 1 aliphatic heterocycles. The van der Waals surface area contributed by atoms with Gasteiger partial charge in [0.2, 0.25) is 0 Å². The van der Waals surface area contributed by atoms with Crippen molar-refractivity contribution in [1.29, 1.82) is 0 Å². The topological polar surface area (TPSA) is 29.3 Å². The maximum atomic E-state index is 13.2. The number of nitrogens with two attached hydrogens (primary N) is 1. The van der Waals surface area contributed by atoms with E-state index in [-0.39, 0.29) is 11.6 Å². The van der Waals surface area contributed by atoms with E-state index in [0.29, 0.717) is 12.0 Å². The van der Waals surface area contributed by atoms with Crippen molar-refractivity contribution in [3.63, 3.8) is 0 Å². The number of halogens is 2. The first kappa shape index (κ1) is 14.4. The molecule has 0 saturated carbocycles. The second-order valence-electron chi connectivity index (χ2n) is 5.94. The molecule has 0 amide bonds. The van der Waals surface area contributed by atoms with Crippen LogP contribution in [0.5, 0.6) is 0 Å². The minimum Gasteiger partial charge on any atom is -0.326 e. The van der Waals surface area contributed by atoms with E-state index >= 15 is 0 Å². The second-order valence-corrected chi connectivity index (χ2v) is 5.94. The molecule has 0 radical (unpaired) electrons. The Hall–Kier alpha value is -1.00. The molecule has 4 heteroatoms. The van der Waals surface area contributed by atoms with Crippen LogP contribution >= 0.6 is 0 Å². The molecule has 106 valence electrons. The summed E-state index contributed by atoms with van der Waals surface area (Å²) < 4.78 is 26.4. The van der Waals surface area contributed by atoms with Crippen molar-refractivity contribution in [1.82, 2.24) is 4.90 Å². The molecule has 1 heterocycles. The van der Waals surface area contributed by atoms with Gasteiger partial charge in [-0.2, -0.15) is 0 Å². The standard InChI is InChI=1S/C15H22F2N2/c1-15(2,19-5-3-4-6-19)14(18)9-11-7-12(16)10-13(17)8-11/h7-8,10,14H,3-6,9,18H2,1-2H3. The van der Waals surface area contributed by atoms with Crippen molar-refractivity contribution in [3.8, 4) is 0 Å². The second kappa shape index (κ2) is 5.55. The van der Waals surface area contributed by atoms with Crippen molar-refractivity contribution in [3.05, 3.63) is 35.4 Å². The Bertz CT molecular complexity index is 420. The molecule has 19 heavy (non-hydrogen) atoms. The molecule has 1 unspecified atom stereocenters. The molecular formula is C15H22F2N2. The SMILES string of the molecule is CC(C)(C(N)Cc1cc(F)cc(F)c1)N1CCCC1. The lowest BCUT2D eigenvalue weighted by molar-refractivity contribution is 0.123. The number of rotatable bonds is 4. The summed E-state index contributed by atoms with van der Waals surface area (Å²) in [5.74, 6) is -1.08. The highest BCUT2D eigenvalue weighted by atomic mass is 19.1. The average molecular weight is 268 g/mol. The normalized spacial score (nSPS) is 18.8. The number of benzene rings is 1. The van der Waals surface area contributed by atoms with E-state index in [0.717, 1.165) is 19.2 Å². The first-order valence-corrected chi connectivity index (χ1v) is 6.85. The zero-order valence-corrected chi connectivity index (χ0v) is 11.6. The highest BCUT2D eigenvalue weighted by Crippen LogP contribution is 2.25. The number of hydrogen-bond donors (Lipinski definition) is 1. The van der Waals surface area contributed by atoms with Crippen LogP contribution in [-0.4, -0.2) is 29.6 Å². The van der Waals surface area contributed by atoms with Crippen LogP contribution in [0.25, 0.3) is 0 Å². The van der Waals surface area contributed by atoms with Crippen molar-refractivity contribution in [2.45, 2.75) is 44.7 Å². The van der Waals surface area contributed by atoms with Gasteiger partial charge in [-0.1, -0.05) is 0 Å². The summed E-state index contributed by atoms with van der Waals surface area (Å²) in [6.07, 6.45) is 2.88. The monoisotopic (exact) mass is 268 g/mol. The zero-order valence-electron chi connectivity index (χ0n) is 11.6. The highest BCUT2D eigenvalue weighted by molar-refractivity contribution is 5.20. The molecular weight excluding hydrogens is 246 g/mol. The van der Waals surface area contributed by atoms with Crippen LogP contribution in [0.3, 0.4) is 0 Å². The van der Waals surface area contributed by atoms with Gasteiger partial charge in [-0.3, -0.25) is 4.90 Å². The lowest BCUT2D eigenvalue weighted by Gasteiger charge is -2.40. The van der Waals surface area contributed by atoms with Gasteiger partial charge in [0.05, 0.1) is 0 Å². The van der Waals surface area contributed by atoms with Gasteiger partial charge >= 0.3 is 0 Å². The van der Waals surface area contributed by atoms with Crippen LogP contribution in [0.15, 0.2) is 18.2 Å². The molecule has 1 aromatic rings. The zero-order chi connectivity index (χ0) is 14.0. The van der Waals surface area contributed by atoms with Gasteiger partial charge in [-0.05, 0) is 63.9 Å². The summed E-state index contributed by atoms with van der Waals surface area (Å²) in [4.78, 5) is 2.37. The summed E-state index contributed by atoms with van der Waals surface area (Å²) in [6.45, 7) is 6.33. The van der Waals surface area contributed by atoms with E-state index in [1.807, 2.05) is 0 Å². The van der Waals surface area contributed by atoms with Crippen molar-refractivity contribution >= 4 is 0 Å². The molecule has 2 nitrogen and oxygen atoms in total. The fourth-order valence-electron chi connectivity index (χ4n) is 2.76. The molecule has 0 aromatic heterocycles. The Morgan fingerprint density at radius 2 is 1.68 bits per heavy atom. The summed E-state index contributed by atoms with van der Waals surface area (Å²) >= 11 is 0. The summed E-state index contributed by atoms with van der Waals surface area (Å²) in [5.41, 5.74) is 6.75. The third-order valence-electron chi connectivity index (χ3n) is 4.21. The maximum Gasteiger partial charge on any atom is 0.126 e. The molecule has 0 bridgehead atoms. The number of hydrogen-bond acceptors (Lipinski definition) is 2. The molecule has 2 N–H and O–H groups in total. The third kappa shape index (κ3) is 3.31. The minimum absolute atomic E-state index is 0.146. The van der Waals surface area contributed by atoms with E-state index in [2.05, 4.69) is 18.7 Å². The van der Waals surface area contributed by atoms with Crippen LogP contribution in [-0.2, 0) is 6.42 Å². The fraction of sp³-hybridized carbons (Fsp3) is 0.600. The number of nitrogens with zero attached hydrogens (tertiary/aromatic N) is 1. The summed E-state index contributed by atoms with van der Waals surface area (Å²) in [7, 11) is 0. The van der Waals surface area contributed by atoms with Crippen molar-refractivity contribution < 1.29 is 8.78 Å². The van der Waals surface area contributed by atoms with E-state index in [1.165, 1.54) is 25.0 Å². The van der Waals surface area contributed by atoms with E-state index in [1.54, 1.807) is 0 Å². The Labute approximate surface area is 113 Å². The molecule has 0 spiro atoms. The van der Waals surface area contributed by atoms with E-state index < -0.39 is 11.6 Å². The Balaban J connectivity index is 2.08. The first-order chi connectivity index (χ1) is 8.89. The highest BCUT2D eigenvalue weighted by Gasteiger charge is 2.34. The maximum absolute atomic E-state index is 13.2. The van der Waals surface area contributed by atoms with E-state index in [4.69, 9.17) is 5.73 Å². The van der Waals surface area contributed by atoms with Gasteiger partial charge < -0.3 is 5.73 Å². The van der Waals surface area contributed by atoms with Crippen LogP contribution in [0.1, 0.15) is 32.3 Å². The van der Waals surface area contributed by atoms with Crippen LogP contribution < -0.4 is 5.73 Å². The van der Waals surface area contributed by atoms with Crippen molar-refractivity contribution in [2.75, 3.05) is 13.1 Å². The quantitative estimate of drug-likeness (QED) is 0.909. The molecule has 1 fully saturated rings. The lowest BCUT2D eigenvalue weighted by atomic mass is 9.88. The Morgan fingerprint density at radius 1 is 1.16 bits per heavy atom. The number of likely N-dealkylation sites (tertiary alicyclic amines) is 1. The third-order valence-corrected chi connectivity index (χ3v) is 4.21. The molecule has 1 atom stereocenters. The smallest absolute Gasteiger partial charge is 0.126 e.